The fourth-order valence-electron chi connectivity index (χ4n) is 3.35. The Balaban J connectivity index is 1.50. The molecule has 0 saturated heterocycles. The van der Waals surface area contributed by atoms with Crippen molar-refractivity contribution in [3.05, 3.63) is 93.1 Å². The van der Waals surface area contributed by atoms with Crippen LogP contribution in [-0.4, -0.2) is 22.3 Å². The Kier molecular flexibility index (Phi) is 4.10. The molecule has 4 aromatic rings. The average Bonchev–Trinajstić information content (AvgIpc) is 3.22. The number of nitrogens with zero attached hydrogens (tertiary/aromatic N) is 1. The second kappa shape index (κ2) is 6.93. The van der Waals surface area contributed by atoms with E-state index in [2.05, 4.69) is 10.3 Å². The zero-order valence-electron chi connectivity index (χ0n) is 15.5. The molecule has 0 bridgehead atoms. The van der Waals surface area contributed by atoms with E-state index in [-0.39, 0.29) is 18.2 Å². The SMILES string of the molecule is O=C(Nc1ccc2c(c1)OCO2)c1ccc2c(=O)n(-c3ccccc3)c(=O)[nH]c2c1. The van der Waals surface area contributed by atoms with E-state index in [4.69, 9.17) is 9.47 Å². The van der Waals surface area contributed by atoms with E-state index < -0.39 is 11.2 Å². The lowest BCUT2D eigenvalue weighted by Gasteiger charge is -2.09. The van der Waals surface area contributed by atoms with Crippen LogP contribution in [0.3, 0.4) is 0 Å². The number of H-pyrrole nitrogens is 1. The molecule has 1 aliphatic rings. The molecule has 1 aliphatic heterocycles. The van der Waals surface area contributed by atoms with Gasteiger partial charge in [0, 0.05) is 17.3 Å². The maximum absolute atomic E-state index is 12.8. The molecule has 0 radical (unpaired) electrons. The second-order valence-corrected chi connectivity index (χ2v) is 6.69. The number of aromatic nitrogens is 2. The Labute approximate surface area is 169 Å². The number of hydrogen-bond acceptors (Lipinski definition) is 5. The van der Waals surface area contributed by atoms with Crippen LogP contribution in [0.25, 0.3) is 16.6 Å². The number of amides is 1. The lowest BCUT2D eigenvalue weighted by molar-refractivity contribution is 0.102. The molecule has 0 aliphatic carbocycles. The molecule has 1 aromatic heterocycles. The zero-order chi connectivity index (χ0) is 20.7. The lowest BCUT2D eigenvalue weighted by atomic mass is 10.1. The van der Waals surface area contributed by atoms with Gasteiger partial charge in [0.2, 0.25) is 6.79 Å². The van der Waals surface area contributed by atoms with Gasteiger partial charge in [-0.3, -0.25) is 9.59 Å². The number of nitrogens with one attached hydrogen (secondary N) is 2. The van der Waals surface area contributed by atoms with Gasteiger partial charge in [0.1, 0.15) is 0 Å². The van der Waals surface area contributed by atoms with Crippen molar-refractivity contribution in [2.45, 2.75) is 0 Å². The standard InChI is InChI=1S/C22H15N3O5/c26-20(23-14-7-9-18-19(11-14)30-12-29-18)13-6-8-16-17(10-13)24-22(28)25(21(16)27)15-4-2-1-3-5-15/h1-11H,12H2,(H,23,26)(H,24,28). The minimum Gasteiger partial charge on any atom is -0.454 e. The van der Waals surface area contributed by atoms with Gasteiger partial charge >= 0.3 is 5.69 Å². The Morgan fingerprint density at radius 1 is 0.933 bits per heavy atom. The first-order valence-corrected chi connectivity index (χ1v) is 9.16. The van der Waals surface area contributed by atoms with Crippen molar-refractivity contribution in [1.29, 1.82) is 0 Å². The molecule has 8 heteroatoms. The number of carbonyl (C=O) groups is 1. The van der Waals surface area contributed by atoms with Gasteiger partial charge in [-0.25, -0.2) is 9.36 Å². The number of para-hydroxylation sites is 1. The van der Waals surface area contributed by atoms with E-state index in [1.54, 1.807) is 54.6 Å². The third-order valence-corrected chi connectivity index (χ3v) is 4.80. The molecule has 148 valence electrons. The maximum Gasteiger partial charge on any atom is 0.333 e. The molecule has 3 aromatic carbocycles. The molecule has 0 unspecified atom stereocenters. The van der Waals surface area contributed by atoms with E-state index in [0.29, 0.717) is 33.8 Å². The van der Waals surface area contributed by atoms with Crippen LogP contribution in [0.4, 0.5) is 5.69 Å². The highest BCUT2D eigenvalue weighted by atomic mass is 16.7. The van der Waals surface area contributed by atoms with Crippen LogP contribution in [0.15, 0.2) is 76.3 Å². The summed E-state index contributed by atoms with van der Waals surface area (Å²) < 4.78 is 11.6. The molecule has 8 nitrogen and oxygen atoms in total. The number of hydrogen-bond donors (Lipinski definition) is 2. The zero-order valence-corrected chi connectivity index (χ0v) is 15.5. The average molecular weight is 401 g/mol. The number of anilines is 1. The molecule has 1 amide bonds. The molecule has 0 spiro atoms. The van der Waals surface area contributed by atoms with Gasteiger partial charge in [0.15, 0.2) is 11.5 Å². The van der Waals surface area contributed by atoms with Gasteiger partial charge in [-0.05, 0) is 42.5 Å². The number of aromatic amines is 1. The summed E-state index contributed by atoms with van der Waals surface area (Å²) in [5.74, 6) is 0.784. The van der Waals surface area contributed by atoms with Crippen LogP contribution in [0.5, 0.6) is 11.5 Å². The fraction of sp³-hybridized carbons (Fsp3) is 0.0455. The fourth-order valence-corrected chi connectivity index (χ4v) is 3.35. The Hall–Kier alpha value is -4.33. The van der Waals surface area contributed by atoms with Crippen molar-refractivity contribution in [3.63, 3.8) is 0 Å². The normalized spacial score (nSPS) is 12.1. The van der Waals surface area contributed by atoms with E-state index >= 15 is 0 Å². The molecule has 5 rings (SSSR count). The molecule has 0 atom stereocenters. The Bertz CT molecular complexity index is 1410. The van der Waals surface area contributed by atoms with Crippen LogP contribution >= 0.6 is 0 Å². The number of benzene rings is 3. The largest absolute Gasteiger partial charge is 0.454 e. The molecule has 0 saturated carbocycles. The summed E-state index contributed by atoms with van der Waals surface area (Å²) in [6.45, 7) is 0.144. The van der Waals surface area contributed by atoms with Gasteiger partial charge in [-0.2, -0.15) is 0 Å². The smallest absolute Gasteiger partial charge is 0.333 e. The predicted molar refractivity (Wildman–Crippen MR) is 111 cm³/mol. The first-order valence-electron chi connectivity index (χ1n) is 9.16. The summed E-state index contributed by atoms with van der Waals surface area (Å²) in [6.07, 6.45) is 0. The van der Waals surface area contributed by atoms with Crippen molar-refractivity contribution in [3.8, 4) is 17.2 Å². The van der Waals surface area contributed by atoms with Crippen LogP contribution < -0.4 is 26.0 Å². The van der Waals surface area contributed by atoms with Crippen LogP contribution in [-0.2, 0) is 0 Å². The number of ether oxygens (including phenoxy) is 2. The van der Waals surface area contributed by atoms with Gasteiger partial charge in [-0.15, -0.1) is 0 Å². The summed E-state index contributed by atoms with van der Waals surface area (Å²) in [7, 11) is 0. The quantitative estimate of drug-likeness (QED) is 0.550. The molecule has 0 fully saturated rings. The third kappa shape index (κ3) is 3.00. The van der Waals surface area contributed by atoms with Gasteiger partial charge in [0.05, 0.1) is 16.6 Å². The van der Waals surface area contributed by atoms with Gasteiger partial charge < -0.3 is 19.8 Å². The minimum atomic E-state index is -0.577. The highest BCUT2D eigenvalue weighted by molar-refractivity contribution is 6.06. The maximum atomic E-state index is 12.8. The number of fused-ring (bicyclic) bond motifs is 2. The number of carbonyl (C=O) groups excluding carboxylic acids is 1. The van der Waals surface area contributed by atoms with Gasteiger partial charge in [0.25, 0.3) is 11.5 Å². The Morgan fingerprint density at radius 2 is 1.73 bits per heavy atom. The summed E-state index contributed by atoms with van der Waals surface area (Å²) >= 11 is 0. The number of rotatable bonds is 3. The van der Waals surface area contributed by atoms with Gasteiger partial charge in [-0.1, -0.05) is 18.2 Å². The first-order chi connectivity index (χ1) is 14.6. The topological polar surface area (TPSA) is 102 Å². The molecule has 2 N–H and O–H groups in total. The molecular formula is C22H15N3O5. The monoisotopic (exact) mass is 401 g/mol. The Morgan fingerprint density at radius 3 is 2.57 bits per heavy atom. The van der Waals surface area contributed by atoms with E-state index in [0.717, 1.165) is 4.57 Å². The minimum absolute atomic E-state index is 0.144. The third-order valence-electron chi connectivity index (χ3n) is 4.80. The van der Waals surface area contributed by atoms with E-state index in [1.165, 1.54) is 12.1 Å². The summed E-state index contributed by atoms with van der Waals surface area (Å²) in [6, 6.07) is 18.3. The second-order valence-electron chi connectivity index (χ2n) is 6.69. The predicted octanol–water partition coefficient (Wildman–Crippen LogP) is 2.66. The van der Waals surface area contributed by atoms with E-state index in [9.17, 15) is 14.4 Å². The van der Waals surface area contributed by atoms with Crippen molar-refractivity contribution in [1.82, 2.24) is 9.55 Å². The first kappa shape index (κ1) is 17.7. The highest BCUT2D eigenvalue weighted by Crippen LogP contribution is 2.34. The molecule has 2 heterocycles. The van der Waals surface area contributed by atoms with Crippen molar-refractivity contribution in [2.75, 3.05) is 12.1 Å². The molecule has 30 heavy (non-hydrogen) atoms. The summed E-state index contributed by atoms with van der Waals surface area (Å²) in [4.78, 5) is 40.7. The van der Waals surface area contributed by atoms with Crippen molar-refractivity contribution < 1.29 is 14.3 Å². The lowest BCUT2D eigenvalue weighted by Crippen LogP contribution is -2.33. The summed E-state index contributed by atoms with van der Waals surface area (Å²) in [5.41, 5.74) is 0.561. The highest BCUT2D eigenvalue weighted by Gasteiger charge is 2.16. The van der Waals surface area contributed by atoms with Crippen molar-refractivity contribution >= 4 is 22.5 Å². The summed E-state index contributed by atoms with van der Waals surface area (Å²) in [5, 5.41) is 3.07. The van der Waals surface area contributed by atoms with Crippen LogP contribution in [0.2, 0.25) is 0 Å². The van der Waals surface area contributed by atoms with Crippen LogP contribution in [0.1, 0.15) is 10.4 Å². The molecular weight excluding hydrogens is 386 g/mol. The van der Waals surface area contributed by atoms with Crippen molar-refractivity contribution in [2.24, 2.45) is 0 Å². The van der Waals surface area contributed by atoms with Crippen LogP contribution in [0, 0.1) is 0 Å². The van der Waals surface area contributed by atoms with E-state index in [1.807, 2.05) is 0 Å².